The van der Waals surface area contributed by atoms with Gasteiger partial charge < -0.3 is 20.1 Å². The van der Waals surface area contributed by atoms with Crippen LogP contribution >= 0.6 is 0 Å². The highest BCUT2D eigenvalue weighted by atomic mass is 16.6. The molecular formula is C18H15N5O6. The zero-order chi connectivity index (χ0) is 20.3. The number of anilines is 1. The fourth-order valence-corrected chi connectivity index (χ4v) is 3.68. The lowest BCUT2D eigenvalue weighted by Gasteiger charge is -2.17. The first-order valence-corrected chi connectivity index (χ1v) is 8.80. The minimum Gasteiger partial charge on any atom is -0.394 e. The molecule has 0 radical (unpaired) electrons. The number of ether oxygens (including phenoxy) is 1. The van der Waals surface area contributed by atoms with Crippen molar-refractivity contribution < 1.29 is 29.6 Å². The lowest BCUT2D eigenvalue weighted by atomic mass is 10.1. The Bertz CT molecular complexity index is 1110. The van der Waals surface area contributed by atoms with Crippen LogP contribution in [0, 0.1) is 0 Å². The molecule has 2 aliphatic heterocycles. The number of rotatable bonds is 3. The van der Waals surface area contributed by atoms with Crippen molar-refractivity contribution in [3.8, 4) is 0 Å². The van der Waals surface area contributed by atoms with E-state index in [4.69, 9.17) is 4.74 Å². The molecule has 11 heteroatoms. The van der Waals surface area contributed by atoms with E-state index in [1.165, 1.54) is 17.2 Å². The van der Waals surface area contributed by atoms with Gasteiger partial charge in [-0.25, -0.2) is 19.9 Å². The number of imidazole rings is 1. The van der Waals surface area contributed by atoms with E-state index in [9.17, 15) is 24.9 Å². The minimum atomic E-state index is -1.33. The molecule has 29 heavy (non-hydrogen) atoms. The van der Waals surface area contributed by atoms with Crippen LogP contribution in [0.5, 0.6) is 0 Å². The quantitative estimate of drug-likeness (QED) is 0.484. The maximum atomic E-state index is 12.8. The van der Waals surface area contributed by atoms with Crippen LogP contribution in [0.2, 0.25) is 0 Å². The molecule has 148 valence electrons. The van der Waals surface area contributed by atoms with E-state index < -0.39 is 43.0 Å². The van der Waals surface area contributed by atoms with Crippen molar-refractivity contribution in [2.45, 2.75) is 24.5 Å². The number of aliphatic hydroxyl groups excluding tert-OH is 3. The average molecular weight is 397 g/mol. The largest absolute Gasteiger partial charge is 0.394 e. The molecule has 3 N–H and O–H groups in total. The van der Waals surface area contributed by atoms with Crippen LogP contribution in [0.25, 0.3) is 11.2 Å². The highest BCUT2D eigenvalue weighted by Crippen LogP contribution is 2.34. The number of carbonyl (C=O) groups is 2. The maximum absolute atomic E-state index is 12.8. The summed E-state index contributed by atoms with van der Waals surface area (Å²) in [6.07, 6.45) is -2.17. The first-order chi connectivity index (χ1) is 14.0. The van der Waals surface area contributed by atoms with Gasteiger partial charge in [0.1, 0.15) is 24.6 Å². The van der Waals surface area contributed by atoms with Crippen molar-refractivity contribution in [2.75, 3.05) is 11.5 Å². The molecule has 4 unspecified atom stereocenters. The number of hydrogen-bond donors (Lipinski definition) is 3. The van der Waals surface area contributed by atoms with Gasteiger partial charge in [0.15, 0.2) is 23.2 Å². The molecule has 2 amide bonds. The normalized spacial score (nSPS) is 26.5. The number of benzene rings is 1. The molecule has 2 aliphatic rings. The van der Waals surface area contributed by atoms with Crippen LogP contribution in [-0.2, 0) is 4.74 Å². The summed E-state index contributed by atoms with van der Waals surface area (Å²) in [5, 5.41) is 29.6. The number of amides is 2. The van der Waals surface area contributed by atoms with Crippen molar-refractivity contribution in [2.24, 2.45) is 0 Å². The third-order valence-corrected chi connectivity index (χ3v) is 5.14. The second-order valence-corrected chi connectivity index (χ2v) is 6.74. The number of aromatic nitrogens is 4. The summed E-state index contributed by atoms with van der Waals surface area (Å²) in [5.41, 5.74) is 0.889. The SMILES string of the molecule is O=C1c2ccccc2C(=O)N1c1ncnc2c1ncn2C1OC(CO)C(O)C1O. The maximum Gasteiger partial charge on any atom is 0.267 e. The lowest BCUT2D eigenvalue weighted by Crippen LogP contribution is -2.33. The van der Waals surface area contributed by atoms with E-state index in [0.717, 1.165) is 4.90 Å². The first kappa shape index (κ1) is 17.8. The number of aliphatic hydroxyl groups is 3. The summed E-state index contributed by atoms with van der Waals surface area (Å²) in [6.45, 7) is -0.476. The molecule has 0 bridgehead atoms. The molecule has 1 fully saturated rings. The topological polar surface area (TPSA) is 151 Å². The van der Waals surface area contributed by atoms with Gasteiger partial charge in [0.05, 0.1) is 24.1 Å². The predicted molar refractivity (Wildman–Crippen MR) is 95.9 cm³/mol. The fourth-order valence-electron chi connectivity index (χ4n) is 3.68. The number of imide groups is 1. The summed E-state index contributed by atoms with van der Waals surface area (Å²) in [7, 11) is 0. The van der Waals surface area contributed by atoms with Crippen molar-refractivity contribution in [1.82, 2.24) is 19.5 Å². The van der Waals surface area contributed by atoms with Gasteiger partial charge in [0, 0.05) is 0 Å². The van der Waals surface area contributed by atoms with E-state index in [0.29, 0.717) is 0 Å². The molecule has 3 aromatic rings. The highest BCUT2D eigenvalue weighted by Gasteiger charge is 2.44. The monoisotopic (exact) mass is 397 g/mol. The molecule has 1 aromatic carbocycles. The second-order valence-electron chi connectivity index (χ2n) is 6.74. The molecule has 1 saturated heterocycles. The van der Waals surface area contributed by atoms with Gasteiger partial charge in [-0.2, -0.15) is 0 Å². The molecule has 0 spiro atoms. The first-order valence-electron chi connectivity index (χ1n) is 8.80. The van der Waals surface area contributed by atoms with Gasteiger partial charge in [-0.15, -0.1) is 0 Å². The van der Waals surface area contributed by atoms with Crippen molar-refractivity contribution in [3.05, 3.63) is 48.0 Å². The lowest BCUT2D eigenvalue weighted by molar-refractivity contribution is -0.0511. The van der Waals surface area contributed by atoms with E-state index in [-0.39, 0.29) is 28.1 Å². The smallest absolute Gasteiger partial charge is 0.267 e. The molecule has 0 saturated carbocycles. The molecule has 11 nitrogen and oxygen atoms in total. The van der Waals surface area contributed by atoms with E-state index in [1.54, 1.807) is 24.3 Å². The standard InChI is InChI=1S/C18H15N5O6/c24-5-10-12(25)13(26)18(29-10)22-7-21-11-14(22)19-6-20-15(11)23-16(27)8-3-1-2-4-9(8)17(23)28/h1-4,6-7,10,12-13,18,24-26H,5H2. The zero-order valence-corrected chi connectivity index (χ0v) is 14.8. The average Bonchev–Trinajstić information content (AvgIpc) is 3.36. The van der Waals surface area contributed by atoms with Crippen LogP contribution in [0.3, 0.4) is 0 Å². The molecule has 0 aliphatic carbocycles. The molecular weight excluding hydrogens is 382 g/mol. The Balaban J connectivity index is 1.59. The van der Waals surface area contributed by atoms with Crippen molar-refractivity contribution >= 4 is 28.8 Å². The Labute approximate surface area is 162 Å². The van der Waals surface area contributed by atoms with E-state index in [2.05, 4.69) is 15.0 Å². The van der Waals surface area contributed by atoms with Crippen LogP contribution in [0.1, 0.15) is 26.9 Å². The summed E-state index contributed by atoms with van der Waals surface area (Å²) in [5.74, 6) is -1.03. The number of carbonyl (C=O) groups excluding carboxylic acids is 2. The summed E-state index contributed by atoms with van der Waals surface area (Å²) >= 11 is 0. The Kier molecular flexibility index (Phi) is 3.93. The molecule has 4 heterocycles. The van der Waals surface area contributed by atoms with Gasteiger partial charge in [-0.05, 0) is 12.1 Å². The van der Waals surface area contributed by atoms with Crippen molar-refractivity contribution in [3.63, 3.8) is 0 Å². The van der Waals surface area contributed by atoms with E-state index in [1.807, 2.05) is 0 Å². The third-order valence-electron chi connectivity index (χ3n) is 5.14. The number of hydrogen-bond acceptors (Lipinski definition) is 9. The Morgan fingerprint density at radius 1 is 1.00 bits per heavy atom. The van der Waals surface area contributed by atoms with Crippen LogP contribution < -0.4 is 4.90 Å². The van der Waals surface area contributed by atoms with Crippen molar-refractivity contribution in [1.29, 1.82) is 0 Å². The number of fused-ring (bicyclic) bond motifs is 2. The summed E-state index contributed by atoms with van der Waals surface area (Å²) in [6, 6.07) is 6.45. The number of nitrogens with zero attached hydrogens (tertiary/aromatic N) is 5. The summed E-state index contributed by atoms with van der Waals surface area (Å²) in [4.78, 5) is 38.9. The highest BCUT2D eigenvalue weighted by molar-refractivity contribution is 6.35. The molecule has 5 rings (SSSR count). The van der Waals surface area contributed by atoms with E-state index >= 15 is 0 Å². The van der Waals surface area contributed by atoms with Gasteiger partial charge >= 0.3 is 0 Å². The zero-order valence-electron chi connectivity index (χ0n) is 14.8. The second kappa shape index (κ2) is 6.39. The van der Waals surface area contributed by atoms with Crippen LogP contribution in [-0.4, -0.2) is 71.6 Å². The summed E-state index contributed by atoms with van der Waals surface area (Å²) < 4.78 is 6.87. The van der Waals surface area contributed by atoms with Crippen LogP contribution in [0.15, 0.2) is 36.9 Å². The Morgan fingerprint density at radius 3 is 2.31 bits per heavy atom. The Morgan fingerprint density at radius 2 is 1.69 bits per heavy atom. The molecule has 4 atom stereocenters. The molecule has 2 aromatic heterocycles. The minimum absolute atomic E-state index is 0.00620. The van der Waals surface area contributed by atoms with Gasteiger partial charge in [-0.1, -0.05) is 12.1 Å². The van der Waals surface area contributed by atoms with Gasteiger partial charge in [0.2, 0.25) is 0 Å². The third kappa shape index (κ3) is 2.42. The van der Waals surface area contributed by atoms with Gasteiger partial charge in [0.25, 0.3) is 11.8 Å². The van der Waals surface area contributed by atoms with Crippen LogP contribution in [0.4, 0.5) is 5.82 Å². The van der Waals surface area contributed by atoms with Gasteiger partial charge in [-0.3, -0.25) is 14.2 Å². The predicted octanol–water partition coefficient (Wildman–Crippen LogP) is -0.762. The fraction of sp³-hybridized carbons (Fsp3) is 0.278. The Hall–Kier alpha value is -3.25.